The molecule has 0 aromatic heterocycles. The second-order valence-electron chi connectivity index (χ2n) is 7.65. The van der Waals surface area contributed by atoms with E-state index in [1.54, 1.807) is 13.8 Å². The van der Waals surface area contributed by atoms with E-state index in [4.69, 9.17) is 11.6 Å². The quantitative estimate of drug-likeness (QED) is 0.550. The van der Waals surface area contributed by atoms with Crippen molar-refractivity contribution in [1.82, 2.24) is 5.01 Å². The first-order valence-corrected chi connectivity index (χ1v) is 9.70. The van der Waals surface area contributed by atoms with Crippen LogP contribution in [0.25, 0.3) is 0 Å². The number of halogens is 8. The van der Waals surface area contributed by atoms with E-state index in [-0.39, 0.29) is 10.6 Å². The normalized spacial score (nSPS) is 19.6. The first kappa shape index (κ1) is 25.0. The van der Waals surface area contributed by atoms with Gasteiger partial charge in [0.2, 0.25) is 5.72 Å². The van der Waals surface area contributed by atoms with E-state index >= 15 is 0 Å². The van der Waals surface area contributed by atoms with Crippen LogP contribution in [0.2, 0.25) is 5.02 Å². The Hall–Kier alpha value is -2.66. The number of carbonyl (C=O) groups excluding carboxylic acids is 1. The molecule has 12 heteroatoms. The topological polar surface area (TPSA) is 52.9 Å². The van der Waals surface area contributed by atoms with Gasteiger partial charge >= 0.3 is 18.0 Å². The Labute approximate surface area is 188 Å². The summed E-state index contributed by atoms with van der Waals surface area (Å²) >= 11 is 5.95. The number of nitrogens with zero attached hydrogens (tertiary/aromatic N) is 2. The molecule has 0 fully saturated rings. The average molecular weight is 497 g/mol. The highest BCUT2D eigenvalue weighted by Crippen LogP contribution is 2.55. The zero-order valence-electron chi connectivity index (χ0n) is 17.0. The highest BCUT2D eigenvalue weighted by atomic mass is 35.5. The van der Waals surface area contributed by atoms with E-state index in [0.717, 1.165) is 11.6 Å². The number of hydrazone groups is 1. The minimum atomic E-state index is -6.73. The molecule has 0 saturated carbocycles. The lowest BCUT2D eigenvalue weighted by atomic mass is 9.91. The van der Waals surface area contributed by atoms with Crippen LogP contribution in [0.5, 0.6) is 0 Å². The van der Waals surface area contributed by atoms with Crippen LogP contribution in [-0.4, -0.2) is 45.5 Å². The maximum atomic E-state index is 14.8. The Kier molecular flexibility index (Phi) is 6.04. The number of alkyl halides is 7. The molecule has 1 aliphatic rings. The van der Waals surface area contributed by atoms with Crippen molar-refractivity contribution in [3.05, 3.63) is 69.7 Å². The Balaban J connectivity index is 2.18. The molecule has 1 aliphatic heterocycles. The summed E-state index contributed by atoms with van der Waals surface area (Å²) in [6.07, 6.45) is -8.22. The van der Waals surface area contributed by atoms with Crippen LogP contribution in [0.1, 0.15) is 33.5 Å². The van der Waals surface area contributed by atoms with E-state index < -0.39 is 52.4 Å². The van der Waals surface area contributed by atoms with Crippen LogP contribution in [-0.2, 0) is 0 Å². The molecule has 0 aliphatic carbocycles. The summed E-state index contributed by atoms with van der Waals surface area (Å²) in [5.41, 5.74) is -4.06. The molecule has 33 heavy (non-hydrogen) atoms. The number of aliphatic hydroxyl groups is 1. The molecule has 3 rings (SSSR count). The van der Waals surface area contributed by atoms with Crippen molar-refractivity contribution in [1.29, 1.82) is 0 Å². The highest BCUT2D eigenvalue weighted by molar-refractivity contribution is 6.34. The molecule has 0 bridgehead atoms. The molecule has 0 radical (unpaired) electrons. The smallest absolute Gasteiger partial charge is 0.364 e. The first-order chi connectivity index (χ1) is 15.0. The van der Waals surface area contributed by atoms with Gasteiger partial charge in [-0.15, -0.1) is 0 Å². The molecular formula is C21H16ClF7N2O2. The van der Waals surface area contributed by atoms with E-state index in [0.29, 0.717) is 5.56 Å². The molecule has 1 amide bonds. The lowest BCUT2D eigenvalue weighted by Crippen LogP contribution is -2.69. The minimum absolute atomic E-state index is 0.0375. The molecule has 2 aromatic rings. The number of carbonyl (C=O) groups is 1. The number of amides is 1. The Bertz CT molecular complexity index is 1120. The van der Waals surface area contributed by atoms with Gasteiger partial charge < -0.3 is 5.11 Å². The summed E-state index contributed by atoms with van der Waals surface area (Å²) in [7, 11) is 0. The third kappa shape index (κ3) is 3.97. The van der Waals surface area contributed by atoms with Crippen molar-refractivity contribution in [3.63, 3.8) is 0 Å². The second kappa shape index (κ2) is 7.98. The van der Waals surface area contributed by atoms with Gasteiger partial charge in [-0.1, -0.05) is 47.5 Å². The number of hydrogen-bond acceptors (Lipinski definition) is 3. The maximum absolute atomic E-state index is 14.8. The second-order valence-corrected chi connectivity index (χ2v) is 8.06. The van der Waals surface area contributed by atoms with Crippen LogP contribution < -0.4 is 0 Å². The summed E-state index contributed by atoms with van der Waals surface area (Å²) in [4.78, 5) is 13.0. The third-order valence-electron chi connectivity index (χ3n) is 5.17. The van der Waals surface area contributed by atoms with Crippen LogP contribution >= 0.6 is 11.6 Å². The van der Waals surface area contributed by atoms with Gasteiger partial charge in [-0.3, -0.25) is 4.79 Å². The summed E-state index contributed by atoms with van der Waals surface area (Å²) < 4.78 is 96.1. The van der Waals surface area contributed by atoms with Gasteiger partial charge in [-0.25, -0.2) is 0 Å². The lowest BCUT2D eigenvalue weighted by Gasteiger charge is -2.41. The van der Waals surface area contributed by atoms with Crippen molar-refractivity contribution >= 4 is 23.2 Å². The molecule has 1 N–H and O–H groups in total. The Morgan fingerprint density at radius 1 is 1.00 bits per heavy atom. The summed E-state index contributed by atoms with van der Waals surface area (Å²) in [5, 5.41) is 13.5. The zero-order chi connectivity index (χ0) is 25.0. The molecule has 1 atom stereocenters. The van der Waals surface area contributed by atoms with Gasteiger partial charge in [0, 0.05) is 6.42 Å². The SMILES string of the molecule is Cc1ccc(C2=NN(C(=O)c3ccc(C)cc3Cl)[C@](O)(C(F)(F)C(F)(F)C(F)(F)F)C2)cc1. The highest BCUT2D eigenvalue weighted by Gasteiger charge is 2.82. The Morgan fingerprint density at radius 3 is 2.06 bits per heavy atom. The number of benzene rings is 2. The van der Waals surface area contributed by atoms with Crippen molar-refractivity contribution < 1.29 is 40.6 Å². The minimum Gasteiger partial charge on any atom is -0.364 e. The van der Waals surface area contributed by atoms with Crippen LogP contribution in [0.4, 0.5) is 30.7 Å². The molecular weight excluding hydrogens is 481 g/mol. The van der Waals surface area contributed by atoms with Gasteiger partial charge in [0.15, 0.2) is 0 Å². The number of aryl methyl sites for hydroxylation is 2. The fourth-order valence-electron chi connectivity index (χ4n) is 3.25. The van der Waals surface area contributed by atoms with Gasteiger partial charge in [0.25, 0.3) is 5.91 Å². The molecule has 1 heterocycles. The predicted octanol–water partition coefficient (Wildman–Crippen LogP) is 5.73. The average Bonchev–Trinajstić information content (AvgIpc) is 3.06. The van der Waals surface area contributed by atoms with Gasteiger partial charge in [-0.2, -0.15) is 40.8 Å². The molecule has 4 nitrogen and oxygen atoms in total. The predicted molar refractivity (Wildman–Crippen MR) is 106 cm³/mol. The van der Waals surface area contributed by atoms with Crippen LogP contribution in [0.15, 0.2) is 47.6 Å². The monoisotopic (exact) mass is 496 g/mol. The first-order valence-electron chi connectivity index (χ1n) is 9.33. The number of rotatable bonds is 4. The van der Waals surface area contributed by atoms with Gasteiger partial charge in [-0.05, 0) is 37.1 Å². The third-order valence-corrected chi connectivity index (χ3v) is 5.48. The Morgan fingerprint density at radius 2 is 1.55 bits per heavy atom. The molecule has 178 valence electrons. The van der Waals surface area contributed by atoms with Crippen molar-refractivity contribution in [2.24, 2.45) is 5.10 Å². The van der Waals surface area contributed by atoms with Crippen molar-refractivity contribution in [3.8, 4) is 0 Å². The van der Waals surface area contributed by atoms with Gasteiger partial charge in [0.1, 0.15) is 0 Å². The largest absolute Gasteiger partial charge is 0.460 e. The zero-order valence-corrected chi connectivity index (χ0v) is 17.8. The van der Waals surface area contributed by atoms with Crippen molar-refractivity contribution in [2.45, 2.75) is 44.0 Å². The van der Waals surface area contributed by atoms with Crippen LogP contribution in [0.3, 0.4) is 0 Å². The van der Waals surface area contributed by atoms with Gasteiger partial charge in [0.05, 0.1) is 16.3 Å². The van der Waals surface area contributed by atoms with Crippen LogP contribution in [0, 0.1) is 13.8 Å². The summed E-state index contributed by atoms with van der Waals surface area (Å²) in [6, 6.07) is 9.31. The molecule has 0 unspecified atom stereocenters. The molecule has 0 saturated heterocycles. The van der Waals surface area contributed by atoms with E-state index in [1.165, 1.54) is 36.4 Å². The standard InChI is InChI=1S/C21H16ClF7N2O2/c1-11-3-6-13(7-4-11)16-10-18(33,19(23,24)20(25,26)21(27,28)29)31(30-16)17(32)14-8-5-12(2)9-15(14)22/h3-9,33H,10H2,1-2H3/t18-/m1/s1. The summed E-state index contributed by atoms with van der Waals surface area (Å²) in [5.74, 6) is -14.5. The maximum Gasteiger partial charge on any atom is 0.460 e. The lowest BCUT2D eigenvalue weighted by molar-refractivity contribution is -0.400. The number of hydrogen-bond donors (Lipinski definition) is 1. The molecule has 2 aromatic carbocycles. The van der Waals surface area contributed by atoms with E-state index in [2.05, 4.69) is 5.10 Å². The fraction of sp³-hybridized carbons (Fsp3) is 0.333. The van der Waals surface area contributed by atoms with E-state index in [9.17, 15) is 40.6 Å². The fourth-order valence-corrected chi connectivity index (χ4v) is 3.56. The summed E-state index contributed by atoms with van der Waals surface area (Å²) in [6.45, 7) is 3.27. The van der Waals surface area contributed by atoms with E-state index in [1.807, 2.05) is 0 Å². The molecule has 0 spiro atoms. The van der Waals surface area contributed by atoms with Crippen molar-refractivity contribution in [2.75, 3.05) is 0 Å².